The van der Waals surface area contributed by atoms with Crippen molar-refractivity contribution < 1.29 is 22.7 Å². The summed E-state index contributed by atoms with van der Waals surface area (Å²) in [5, 5.41) is 0.582. The van der Waals surface area contributed by atoms with Crippen molar-refractivity contribution in [2.24, 2.45) is 0 Å². The quantitative estimate of drug-likeness (QED) is 0.290. The summed E-state index contributed by atoms with van der Waals surface area (Å²) in [6.07, 6.45) is 1.77. The van der Waals surface area contributed by atoms with Crippen LogP contribution in [0, 0.1) is 6.92 Å². The molecule has 0 spiro atoms. The molecular formula is C28H29N3O5S2. The van der Waals surface area contributed by atoms with E-state index >= 15 is 0 Å². The lowest BCUT2D eigenvalue weighted by molar-refractivity contribution is 0.0917. The second-order valence-electron chi connectivity index (χ2n) is 9.11. The Morgan fingerprint density at radius 1 is 1.13 bits per heavy atom. The number of ether oxygens (including phenoxy) is 2. The summed E-state index contributed by atoms with van der Waals surface area (Å²) in [4.78, 5) is 20.3. The molecule has 1 unspecified atom stereocenters. The van der Waals surface area contributed by atoms with Crippen LogP contribution in [0.5, 0.6) is 5.75 Å². The van der Waals surface area contributed by atoms with Crippen LogP contribution in [0.1, 0.15) is 35.7 Å². The second kappa shape index (κ2) is 11.1. The van der Waals surface area contributed by atoms with Gasteiger partial charge in [-0.15, -0.1) is 0 Å². The maximum absolute atomic E-state index is 13.7. The van der Waals surface area contributed by atoms with Gasteiger partial charge in [0.25, 0.3) is 15.9 Å². The number of fused-ring (bicyclic) bond motifs is 1. The fourth-order valence-corrected chi connectivity index (χ4v) is 6.33. The number of carbonyl (C=O) groups is 1. The van der Waals surface area contributed by atoms with Crippen LogP contribution in [0.25, 0.3) is 10.2 Å². The molecular weight excluding hydrogens is 522 g/mol. The third-order valence-corrected chi connectivity index (χ3v) is 8.70. The number of aryl methyl sites for hydroxylation is 1. The number of sulfonamides is 1. The Morgan fingerprint density at radius 2 is 1.89 bits per heavy atom. The van der Waals surface area contributed by atoms with Gasteiger partial charge in [-0.05, 0) is 81.3 Å². The summed E-state index contributed by atoms with van der Waals surface area (Å²) >= 11 is 1.43. The van der Waals surface area contributed by atoms with Gasteiger partial charge in [-0.2, -0.15) is 0 Å². The van der Waals surface area contributed by atoms with Gasteiger partial charge in [0, 0.05) is 17.9 Å². The van der Waals surface area contributed by atoms with E-state index in [1.54, 1.807) is 53.4 Å². The van der Waals surface area contributed by atoms with Crippen LogP contribution in [-0.4, -0.2) is 45.2 Å². The molecule has 2 heterocycles. The Balaban J connectivity index is 1.39. The predicted octanol–water partition coefficient (Wildman–Crippen LogP) is 5.63. The van der Waals surface area contributed by atoms with Crippen molar-refractivity contribution in [3.63, 3.8) is 0 Å². The molecule has 0 aliphatic carbocycles. The molecule has 1 N–H and O–H groups in total. The Hall–Kier alpha value is -3.47. The molecule has 0 bridgehead atoms. The molecule has 38 heavy (non-hydrogen) atoms. The molecule has 1 aliphatic rings. The number of nitrogens with zero attached hydrogens (tertiary/aromatic N) is 2. The normalized spacial score (nSPS) is 15.5. The van der Waals surface area contributed by atoms with E-state index in [1.807, 2.05) is 32.0 Å². The summed E-state index contributed by atoms with van der Waals surface area (Å²) in [6.45, 7) is 5.47. The molecule has 1 fully saturated rings. The third-order valence-electron chi connectivity index (χ3n) is 6.26. The van der Waals surface area contributed by atoms with Crippen molar-refractivity contribution in [3.8, 4) is 5.75 Å². The Morgan fingerprint density at radius 3 is 2.58 bits per heavy atom. The number of hydrogen-bond acceptors (Lipinski definition) is 7. The van der Waals surface area contributed by atoms with Gasteiger partial charge >= 0.3 is 0 Å². The first-order valence-electron chi connectivity index (χ1n) is 12.5. The van der Waals surface area contributed by atoms with Gasteiger partial charge in [0.15, 0.2) is 5.13 Å². The van der Waals surface area contributed by atoms with Gasteiger partial charge < -0.3 is 9.47 Å². The lowest BCUT2D eigenvalue weighted by atomic mass is 10.1. The lowest BCUT2D eigenvalue weighted by Gasteiger charge is -2.23. The second-order valence-corrected chi connectivity index (χ2v) is 11.8. The molecule has 1 amide bonds. The number of amides is 1. The van der Waals surface area contributed by atoms with Crippen LogP contribution >= 0.6 is 11.3 Å². The fourth-order valence-electron chi connectivity index (χ4n) is 4.27. The average molecular weight is 552 g/mol. The zero-order valence-electron chi connectivity index (χ0n) is 21.2. The number of nitrogens with one attached hydrogen (secondary N) is 1. The van der Waals surface area contributed by atoms with E-state index in [4.69, 9.17) is 14.5 Å². The van der Waals surface area contributed by atoms with Gasteiger partial charge in [0.2, 0.25) is 0 Å². The van der Waals surface area contributed by atoms with E-state index in [0.29, 0.717) is 36.1 Å². The first-order chi connectivity index (χ1) is 18.3. The van der Waals surface area contributed by atoms with Gasteiger partial charge in [-0.1, -0.05) is 29.0 Å². The molecule has 0 saturated carbocycles. The molecule has 1 atom stereocenters. The van der Waals surface area contributed by atoms with Crippen molar-refractivity contribution >= 4 is 48.3 Å². The highest BCUT2D eigenvalue weighted by Crippen LogP contribution is 2.33. The molecule has 4 aromatic rings. The predicted molar refractivity (Wildman–Crippen MR) is 150 cm³/mol. The fraction of sp³-hybridized carbons (Fsp3) is 0.286. The van der Waals surface area contributed by atoms with Crippen LogP contribution in [-0.2, 0) is 14.8 Å². The average Bonchev–Trinajstić information content (AvgIpc) is 3.57. The van der Waals surface area contributed by atoms with Crippen molar-refractivity contribution in [1.29, 1.82) is 0 Å². The lowest BCUT2D eigenvalue weighted by Crippen LogP contribution is -2.37. The summed E-state index contributed by atoms with van der Waals surface area (Å²) in [5.74, 6) is 0.536. The van der Waals surface area contributed by atoms with Gasteiger partial charge in [-0.3, -0.25) is 14.4 Å². The molecule has 3 aromatic carbocycles. The molecule has 1 aromatic heterocycles. The Kier molecular flexibility index (Phi) is 7.64. The van der Waals surface area contributed by atoms with E-state index < -0.39 is 10.0 Å². The summed E-state index contributed by atoms with van der Waals surface area (Å²) in [6, 6.07) is 18.8. The van der Waals surface area contributed by atoms with Crippen LogP contribution in [0.2, 0.25) is 0 Å². The van der Waals surface area contributed by atoms with Gasteiger partial charge in [0.05, 0.1) is 34.4 Å². The highest BCUT2D eigenvalue weighted by atomic mass is 32.2. The highest BCUT2D eigenvalue weighted by Gasteiger charge is 2.27. The topological polar surface area (TPSA) is 97.8 Å². The SMILES string of the molecule is CCOc1ccc2nc(N(CC3CCCO3)C(=O)c3ccc(NS(=O)(=O)c4ccc(C)cc4)cc3)sc2c1. The maximum atomic E-state index is 13.7. The van der Waals surface area contributed by atoms with Crippen molar-refractivity contribution in [2.75, 3.05) is 29.4 Å². The van der Waals surface area contributed by atoms with E-state index in [-0.39, 0.29) is 16.9 Å². The van der Waals surface area contributed by atoms with Crippen LogP contribution in [0.3, 0.4) is 0 Å². The van der Waals surface area contributed by atoms with E-state index in [0.717, 1.165) is 34.4 Å². The number of carbonyl (C=O) groups excluding carboxylic acids is 1. The first kappa shape index (κ1) is 26.1. The minimum atomic E-state index is -3.74. The number of aromatic nitrogens is 1. The summed E-state index contributed by atoms with van der Waals surface area (Å²) < 4.78 is 40.5. The number of benzene rings is 3. The molecule has 0 radical (unpaired) electrons. The van der Waals surface area contributed by atoms with Gasteiger partial charge in [-0.25, -0.2) is 13.4 Å². The molecule has 5 rings (SSSR count). The van der Waals surface area contributed by atoms with Crippen LogP contribution in [0.15, 0.2) is 71.6 Å². The maximum Gasteiger partial charge on any atom is 0.261 e. The van der Waals surface area contributed by atoms with Crippen LogP contribution < -0.4 is 14.4 Å². The van der Waals surface area contributed by atoms with E-state index in [2.05, 4.69) is 4.72 Å². The zero-order valence-corrected chi connectivity index (χ0v) is 22.8. The van der Waals surface area contributed by atoms with Crippen LogP contribution in [0.4, 0.5) is 10.8 Å². The number of anilines is 2. The van der Waals surface area contributed by atoms with Crippen molar-refractivity contribution in [1.82, 2.24) is 4.98 Å². The smallest absolute Gasteiger partial charge is 0.261 e. The summed E-state index contributed by atoms with van der Waals surface area (Å²) in [7, 11) is -3.74. The molecule has 198 valence electrons. The van der Waals surface area contributed by atoms with E-state index in [9.17, 15) is 13.2 Å². The van der Waals surface area contributed by atoms with Crippen molar-refractivity contribution in [2.45, 2.75) is 37.7 Å². The third kappa shape index (κ3) is 5.82. The molecule has 1 aliphatic heterocycles. The summed E-state index contributed by atoms with van der Waals surface area (Å²) in [5.41, 5.74) is 2.56. The van der Waals surface area contributed by atoms with E-state index in [1.165, 1.54) is 11.3 Å². The zero-order chi connectivity index (χ0) is 26.7. The minimum Gasteiger partial charge on any atom is -0.494 e. The monoisotopic (exact) mass is 551 g/mol. The van der Waals surface area contributed by atoms with Gasteiger partial charge in [0.1, 0.15) is 5.75 Å². The first-order valence-corrected chi connectivity index (χ1v) is 14.8. The molecule has 1 saturated heterocycles. The highest BCUT2D eigenvalue weighted by molar-refractivity contribution is 7.92. The Labute approximate surface area is 226 Å². The number of rotatable bonds is 9. The molecule has 8 nitrogen and oxygen atoms in total. The standard InChI is InChI=1S/C28H29N3O5S2/c1-3-35-22-12-15-25-26(17-22)37-28(29-25)31(18-23-5-4-16-36-23)27(32)20-8-10-21(11-9-20)30-38(33,34)24-13-6-19(2)7-14-24/h6-15,17,23,30H,3-5,16,18H2,1-2H3. The van der Waals surface area contributed by atoms with Crippen molar-refractivity contribution in [3.05, 3.63) is 77.9 Å². The largest absolute Gasteiger partial charge is 0.494 e. The minimum absolute atomic E-state index is 0.0643. The molecule has 10 heteroatoms. The number of hydrogen-bond donors (Lipinski definition) is 1. The number of thiazole rings is 1. The Bertz CT molecular complexity index is 1530.